The smallest absolute Gasteiger partial charge is 0.293 e. The van der Waals surface area contributed by atoms with E-state index in [0.717, 1.165) is 11.3 Å². The third-order valence-corrected chi connectivity index (χ3v) is 4.06. The third kappa shape index (κ3) is 5.55. The number of ether oxygens (including phenoxy) is 2. The molecule has 7 nitrogen and oxygen atoms in total. The molecule has 3 aromatic carbocycles. The summed E-state index contributed by atoms with van der Waals surface area (Å²) in [6, 6.07) is 20.6. The molecule has 1 N–H and O–H groups in total. The summed E-state index contributed by atoms with van der Waals surface area (Å²) in [5.41, 5.74) is 1.07. The number of nitrogens with zero attached hydrogens (tertiary/aromatic N) is 1. The van der Waals surface area contributed by atoms with Crippen LogP contribution in [0.2, 0.25) is 0 Å². The molecule has 0 aliphatic heterocycles. The molecule has 0 radical (unpaired) electrons. The molecule has 0 aliphatic rings. The van der Waals surface area contributed by atoms with Gasteiger partial charge < -0.3 is 14.8 Å². The zero-order valence-electron chi connectivity index (χ0n) is 15.8. The highest BCUT2D eigenvalue weighted by atomic mass is 16.6. The standard InChI is InChI=1S/C22H20N2O5/c1-16-10-11-20(21(14-16)24(26)27)23-22(25)17-6-5-9-19(15-17)29-13-12-28-18-7-3-2-4-8-18/h2-11,14-15H,12-13H2,1H3,(H,23,25). The first kappa shape index (κ1) is 19.9. The maximum atomic E-state index is 12.5. The van der Waals surface area contributed by atoms with Crippen LogP contribution in [-0.4, -0.2) is 24.0 Å². The van der Waals surface area contributed by atoms with Crippen molar-refractivity contribution >= 4 is 17.3 Å². The van der Waals surface area contributed by atoms with Gasteiger partial charge in [-0.2, -0.15) is 0 Å². The highest BCUT2D eigenvalue weighted by Crippen LogP contribution is 2.26. The number of nitrogens with one attached hydrogen (secondary N) is 1. The molecule has 0 saturated carbocycles. The van der Waals surface area contributed by atoms with Gasteiger partial charge >= 0.3 is 0 Å². The number of nitro groups is 1. The minimum Gasteiger partial charge on any atom is -0.490 e. The van der Waals surface area contributed by atoms with Gasteiger partial charge in [0, 0.05) is 11.6 Å². The Morgan fingerprint density at radius 1 is 0.931 bits per heavy atom. The van der Waals surface area contributed by atoms with Gasteiger partial charge in [-0.1, -0.05) is 30.3 Å². The number of rotatable bonds is 8. The summed E-state index contributed by atoms with van der Waals surface area (Å²) >= 11 is 0. The Morgan fingerprint density at radius 2 is 1.62 bits per heavy atom. The molecular formula is C22H20N2O5. The van der Waals surface area contributed by atoms with Crippen molar-refractivity contribution < 1.29 is 19.2 Å². The van der Waals surface area contributed by atoms with Crippen LogP contribution in [0.15, 0.2) is 72.8 Å². The van der Waals surface area contributed by atoms with E-state index in [4.69, 9.17) is 9.47 Å². The van der Waals surface area contributed by atoms with Gasteiger partial charge in [-0.25, -0.2) is 0 Å². The van der Waals surface area contributed by atoms with Crippen LogP contribution < -0.4 is 14.8 Å². The molecule has 29 heavy (non-hydrogen) atoms. The molecule has 0 unspecified atom stereocenters. The Kier molecular flexibility index (Phi) is 6.42. The second-order valence-corrected chi connectivity index (χ2v) is 6.27. The first-order chi connectivity index (χ1) is 14.0. The SMILES string of the molecule is Cc1ccc(NC(=O)c2cccc(OCCOc3ccccc3)c2)c([N+](=O)[O-])c1. The van der Waals surface area contributed by atoms with Crippen molar-refractivity contribution in [2.75, 3.05) is 18.5 Å². The Bertz CT molecular complexity index is 1010. The molecular weight excluding hydrogens is 372 g/mol. The molecule has 1 amide bonds. The highest BCUT2D eigenvalue weighted by molar-refractivity contribution is 6.05. The summed E-state index contributed by atoms with van der Waals surface area (Å²) in [6.45, 7) is 2.42. The summed E-state index contributed by atoms with van der Waals surface area (Å²) in [7, 11) is 0. The van der Waals surface area contributed by atoms with Crippen LogP contribution in [-0.2, 0) is 0 Å². The van der Waals surface area contributed by atoms with Gasteiger partial charge in [0.15, 0.2) is 0 Å². The van der Waals surface area contributed by atoms with Crippen molar-refractivity contribution in [3.8, 4) is 11.5 Å². The van der Waals surface area contributed by atoms with Crippen LogP contribution in [0.3, 0.4) is 0 Å². The van der Waals surface area contributed by atoms with Crippen molar-refractivity contribution in [3.63, 3.8) is 0 Å². The van der Waals surface area contributed by atoms with Crippen molar-refractivity contribution in [1.82, 2.24) is 0 Å². The maximum absolute atomic E-state index is 12.5. The largest absolute Gasteiger partial charge is 0.490 e. The summed E-state index contributed by atoms with van der Waals surface area (Å²) in [6.07, 6.45) is 0. The Morgan fingerprint density at radius 3 is 2.34 bits per heavy atom. The zero-order valence-corrected chi connectivity index (χ0v) is 15.8. The fraction of sp³-hybridized carbons (Fsp3) is 0.136. The molecule has 0 spiro atoms. The molecule has 0 aliphatic carbocycles. The van der Waals surface area contributed by atoms with Crippen LogP contribution in [0.1, 0.15) is 15.9 Å². The minimum absolute atomic E-state index is 0.146. The molecule has 148 valence electrons. The van der Waals surface area contributed by atoms with E-state index in [-0.39, 0.29) is 11.4 Å². The lowest BCUT2D eigenvalue weighted by Gasteiger charge is -2.10. The van der Waals surface area contributed by atoms with Crippen LogP contribution in [0.25, 0.3) is 0 Å². The monoisotopic (exact) mass is 392 g/mol. The molecule has 3 aromatic rings. The molecule has 0 fully saturated rings. The van der Waals surface area contributed by atoms with Gasteiger partial charge in [-0.15, -0.1) is 0 Å². The predicted octanol–water partition coefficient (Wildman–Crippen LogP) is 4.61. The highest BCUT2D eigenvalue weighted by Gasteiger charge is 2.17. The third-order valence-electron chi connectivity index (χ3n) is 4.06. The summed E-state index contributed by atoms with van der Waals surface area (Å²) in [5, 5.41) is 13.8. The molecule has 0 bridgehead atoms. The molecule has 0 aromatic heterocycles. The zero-order chi connectivity index (χ0) is 20.6. The number of carbonyl (C=O) groups excluding carboxylic acids is 1. The van der Waals surface area contributed by atoms with Crippen LogP contribution in [0.4, 0.5) is 11.4 Å². The maximum Gasteiger partial charge on any atom is 0.293 e. The van der Waals surface area contributed by atoms with E-state index in [1.165, 1.54) is 12.1 Å². The minimum atomic E-state index is -0.519. The van der Waals surface area contributed by atoms with Gasteiger partial charge in [0.2, 0.25) is 0 Å². The molecule has 3 rings (SSSR count). The van der Waals surface area contributed by atoms with Crippen molar-refractivity contribution in [2.24, 2.45) is 0 Å². The number of aryl methyl sites for hydroxylation is 1. The average Bonchev–Trinajstić information content (AvgIpc) is 2.73. The number of amides is 1. The molecule has 0 atom stereocenters. The van der Waals surface area contributed by atoms with Gasteiger partial charge in [-0.3, -0.25) is 14.9 Å². The molecule has 7 heteroatoms. The van der Waals surface area contributed by atoms with Crippen molar-refractivity contribution in [1.29, 1.82) is 0 Å². The number of anilines is 1. The Balaban J connectivity index is 1.60. The predicted molar refractivity (Wildman–Crippen MR) is 110 cm³/mol. The normalized spacial score (nSPS) is 10.2. The van der Waals surface area contributed by atoms with Gasteiger partial charge in [-0.05, 0) is 48.9 Å². The number of nitro benzene ring substituents is 1. The number of hydrogen-bond acceptors (Lipinski definition) is 5. The van der Waals surface area contributed by atoms with Gasteiger partial charge in [0.1, 0.15) is 30.4 Å². The van der Waals surface area contributed by atoms with Crippen molar-refractivity contribution in [3.05, 3.63) is 94.0 Å². The number of benzene rings is 3. The quantitative estimate of drug-likeness (QED) is 0.343. The second kappa shape index (κ2) is 9.36. The second-order valence-electron chi connectivity index (χ2n) is 6.27. The first-order valence-electron chi connectivity index (χ1n) is 9.00. The van der Waals surface area contributed by atoms with Crippen LogP contribution in [0.5, 0.6) is 11.5 Å². The Hall–Kier alpha value is -3.87. The fourth-order valence-corrected chi connectivity index (χ4v) is 2.66. The van der Waals surface area contributed by atoms with E-state index >= 15 is 0 Å². The van der Waals surface area contributed by atoms with Gasteiger partial charge in [0.25, 0.3) is 11.6 Å². The van der Waals surface area contributed by atoms with Crippen LogP contribution >= 0.6 is 0 Å². The average molecular weight is 392 g/mol. The first-order valence-corrected chi connectivity index (χ1v) is 9.00. The van der Waals surface area contributed by atoms with E-state index in [2.05, 4.69) is 5.32 Å². The topological polar surface area (TPSA) is 90.7 Å². The van der Waals surface area contributed by atoms with E-state index < -0.39 is 10.8 Å². The fourth-order valence-electron chi connectivity index (χ4n) is 2.66. The summed E-state index contributed by atoms with van der Waals surface area (Å²) in [4.78, 5) is 23.2. The summed E-state index contributed by atoms with van der Waals surface area (Å²) in [5.74, 6) is 0.805. The lowest BCUT2D eigenvalue weighted by atomic mass is 10.1. The van der Waals surface area contributed by atoms with E-state index in [1.807, 2.05) is 30.3 Å². The van der Waals surface area contributed by atoms with E-state index in [0.29, 0.717) is 24.5 Å². The lowest BCUT2D eigenvalue weighted by molar-refractivity contribution is -0.384. The number of para-hydroxylation sites is 1. The number of hydrogen-bond donors (Lipinski definition) is 1. The van der Waals surface area contributed by atoms with Crippen LogP contribution in [0, 0.1) is 17.0 Å². The lowest BCUT2D eigenvalue weighted by Crippen LogP contribution is -2.14. The molecule has 0 saturated heterocycles. The number of carbonyl (C=O) groups is 1. The van der Waals surface area contributed by atoms with Crippen molar-refractivity contribution in [2.45, 2.75) is 6.92 Å². The summed E-state index contributed by atoms with van der Waals surface area (Å²) < 4.78 is 11.2. The van der Waals surface area contributed by atoms with E-state index in [9.17, 15) is 14.9 Å². The molecule has 0 heterocycles. The van der Waals surface area contributed by atoms with Gasteiger partial charge in [0.05, 0.1) is 4.92 Å². The van der Waals surface area contributed by atoms with E-state index in [1.54, 1.807) is 37.3 Å². The Labute approximate surface area is 168 Å².